The van der Waals surface area contributed by atoms with Crippen LogP contribution in [-0.2, 0) is 9.53 Å². The summed E-state index contributed by atoms with van der Waals surface area (Å²) in [5.74, 6) is 2.17. The van der Waals surface area contributed by atoms with Crippen molar-refractivity contribution in [2.75, 3.05) is 0 Å². The van der Waals surface area contributed by atoms with Gasteiger partial charge in [0.05, 0.1) is 11.5 Å². The van der Waals surface area contributed by atoms with Crippen LogP contribution >= 0.6 is 0 Å². The summed E-state index contributed by atoms with van der Waals surface area (Å²) in [6.07, 6.45) is 10.0. The van der Waals surface area contributed by atoms with Crippen LogP contribution in [0, 0.1) is 34.0 Å². The summed E-state index contributed by atoms with van der Waals surface area (Å²) < 4.78 is 5.73. The van der Waals surface area contributed by atoms with Crippen LogP contribution in [0.3, 0.4) is 0 Å². The van der Waals surface area contributed by atoms with Gasteiger partial charge >= 0.3 is 5.97 Å². The Morgan fingerprint density at radius 3 is 2.65 bits per heavy atom. The van der Waals surface area contributed by atoms with E-state index in [0.717, 1.165) is 38.5 Å². The molecule has 3 nitrogen and oxygen atoms in total. The largest absolute Gasteiger partial charge is 0.462 e. The summed E-state index contributed by atoms with van der Waals surface area (Å²) >= 11 is 0. The van der Waals surface area contributed by atoms with Gasteiger partial charge in [0.2, 0.25) is 0 Å². The van der Waals surface area contributed by atoms with Gasteiger partial charge in [-0.2, -0.15) is 0 Å². The maximum atomic E-state index is 12.8. The third kappa shape index (κ3) is 1.54. The van der Waals surface area contributed by atoms with Gasteiger partial charge in [-0.05, 0) is 80.0 Å². The van der Waals surface area contributed by atoms with Gasteiger partial charge in [-0.3, -0.25) is 4.79 Å². The van der Waals surface area contributed by atoms with Gasteiger partial charge in [0.15, 0.2) is 0 Å². The molecule has 1 aliphatic heterocycles. The molecule has 1 heterocycles. The van der Waals surface area contributed by atoms with E-state index in [1.807, 2.05) is 0 Å². The molecule has 1 spiro atoms. The van der Waals surface area contributed by atoms with Crippen molar-refractivity contribution in [1.29, 1.82) is 0 Å². The lowest BCUT2D eigenvalue weighted by Crippen LogP contribution is -2.59. The summed E-state index contributed by atoms with van der Waals surface area (Å²) in [6, 6.07) is 0. The average Bonchev–Trinajstić information content (AvgIpc) is 2.97. The van der Waals surface area contributed by atoms with Crippen LogP contribution in [0.25, 0.3) is 0 Å². The van der Waals surface area contributed by atoms with Crippen molar-refractivity contribution in [2.24, 2.45) is 34.0 Å². The summed E-state index contributed by atoms with van der Waals surface area (Å²) in [6.45, 7) is 4.75. The van der Waals surface area contributed by atoms with E-state index in [1.165, 1.54) is 19.3 Å². The Kier molecular flexibility index (Phi) is 2.78. The Balaban J connectivity index is 1.54. The lowest BCUT2D eigenvalue weighted by molar-refractivity contribution is -0.174. The fourth-order valence-electron chi connectivity index (χ4n) is 8.00. The van der Waals surface area contributed by atoms with Crippen molar-refractivity contribution in [3.63, 3.8) is 0 Å². The molecule has 1 N–H and O–H groups in total. The van der Waals surface area contributed by atoms with Crippen LogP contribution in [0.15, 0.2) is 0 Å². The van der Waals surface area contributed by atoms with E-state index in [4.69, 9.17) is 4.74 Å². The Hall–Kier alpha value is -0.570. The minimum atomic E-state index is -0.179. The molecule has 2 bridgehead atoms. The van der Waals surface area contributed by atoms with Gasteiger partial charge in [0.25, 0.3) is 0 Å². The van der Waals surface area contributed by atoms with Crippen LogP contribution < -0.4 is 0 Å². The third-order valence-corrected chi connectivity index (χ3v) is 9.43. The van der Waals surface area contributed by atoms with Crippen molar-refractivity contribution in [3.8, 4) is 0 Å². The summed E-state index contributed by atoms with van der Waals surface area (Å²) in [5.41, 5.74) is 0.0896. The zero-order valence-electron chi connectivity index (χ0n) is 14.5. The Morgan fingerprint density at radius 2 is 1.83 bits per heavy atom. The fraction of sp³-hybridized carbons (Fsp3) is 0.950. The highest BCUT2D eigenvalue weighted by molar-refractivity contribution is 5.81. The van der Waals surface area contributed by atoms with Crippen LogP contribution in [0.1, 0.15) is 71.6 Å². The first-order chi connectivity index (χ1) is 10.9. The van der Waals surface area contributed by atoms with Crippen molar-refractivity contribution >= 4 is 5.97 Å². The minimum Gasteiger partial charge on any atom is -0.462 e. The molecule has 0 aromatic heterocycles. The van der Waals surface area contributed by atoms with Gasteiger partial charge in [-0.25, -0.2) is 0 Å². The molecule has 4 aliphatic carbocycles. The molecule has 0 amide bonds. The van der Waals surface area contributed by atoms with Crippen molar-refractivity contribution in [1.82, 2.24) is 0 Å². The summed E-state index contributed by atoms with van der Waals surface area (Å²) in [7, 11) is 0. The molecule has 8 atom stereocenters. The van der Waals surface area contributed by atoms with E-state index in [1.54, 1.807) is 0 Å². The summed E-state index contributed by atoms with van der Waals surface area (Å²) in [4.78, 5) is 12.8. The molecule has 1 saturated heterocycles. The molecule has 128 valence electrons. The van der Waals surface area contributed by atoms with E-state index < -0.39 is 0 Å². The first kappa shape index (κ1) is 14.7. The molecule has 23 heavy (non-hydrogen) atoms. The first-order valence-electron chi connectivity index (χ1n) is 9.80. The van der Waals surface area contributed by atoms with Crippen molar-refractivity contribution in [3.05, 3.63) is 0 Å². The Bertz CT molecular complexity index is 559. The maximum absolute atomic E-state index is 12.8. The average molecular weight is 318 g/mol. The predicted molar refractivity (Wildman–Crippen MR) is 86.6 cm³/mol. The standard InChI is InChI=1S/C20H30O3/c1-18-8-7-15-13(14(18)3-4-16(18)21)6-10-20-11-12(23-17(20)22)5-9-19(15,20)2/h12-16,21H,3-11H2,1-2H3/t12-,13-,14-,15-,16-,18-,19+,20+/m0/s1. The number of rotatable bonds is 0. The molecule has 5 fully saturated rings. The number of esters is 1. The summed E-state index contributed by atoms with van der Waals surface area (Å²) in [5, 5.41) is 10.5. The number of aliphatic hydroxyl groups excluding tert-OH is 1. The molecule has 3 heteroatoms. The zero-order chi connectivity index (χ0) is 16.0. The molecule has 0 radical (unpaired) electrons. The first-order valence-corrected chi connectivity index (χ1v) is 9.80. The lowest BCUT2D eigenvalue weighted by Gasteiger charge is -2.62. The van der Waals surface area contributed by atoms with E-state index in [-0.39, 0.29) is 34.4 Å². The number of hydrogen-bond donors (Lipinski definition) is 1. The van der Waals surface area contributed by atoms with E-state index in [2.05, 4.69) is 13.8 Å². The van der Waals surface area contributed by atoms with Crippen LogP contribution in [-0.4, -0.2) is 23.3 Å². The van der Waals surface area contributed by atoms with E-state index in [0.29, 0.717) is 17.8 Å². The molecule has 0 aromatic rings. The topological polar surface area (TPSA) is 46.5 Å². The van der Waals surface area contributed by atoms with Gasteiger partial charge in [-0.15, -0.1) is 0 Å². The Morgan fingerprint density at radius 1 is 1.00 bits per heavy atom. The molecule has 0 aromatic carbocycles. The zero-order valence-corrected chi connectivity index (χ0v) is 14.5. The van der Waals surface area contributed by atoms with Gasteiger partial charge in [0, 0.05) is 6.42 Å². The molecule has 0 unspecified atom stereocenters. The highest BCUT2D eigenvalue weighted by Crippen LogP contribution is 2.71. The van der Waals surface area contributed by atoms with Gasteiger partial charge in [0.1, 0.15) is 6.10 Å². The van der Waals surface area contributed by atoms with Crippen LogP contribution in [0.5, 0.6) is 0 Å². The molecule has 4 saturated carbocycles. The van der Waals surface area contributed by atoms with Crippen LogP contribution in [0.4, 0.5) is 0 Å². The molecule has 5 aliphatic rings. The highest BCUT2D eigenvalue weighted by Gasteiger charge is 2.70. The number of ether oxygens (including phenoxy) is 1. The number of hydrogen-bond acceptors (Lipinski definition) is 3. The normalized spacial score (nSPS) is 60.7. The quantitative estimate of drug-likeness (QED) is 0.693. The SMILES string of the molecule is C[C@]12CC[C@H]3[C@@H](CC[C@]45C[C@H](CC[C@]34C)OC5=O)[C@@H]1CC[C@@H]2O. The second-order valence-electron chi connectivity index (χ2n) is 9.82. The third-order valence-electron chi connectivity index (χ3n) is 9.43. The number of aliphatic hydroxyl groups is 1. The predicted octanol–water partition coefficient (Wildman–Crippen LogP) is 3.69. The van der Waals surface area contributed by atoms with Gasteiger partial charge in [-0.1, -0.05) is 13.8 Å². The van der Waals surface area contributed by atoms with Crippen LogP contribution in [0.2, 0.25) is 0 Å². The maximum Gasteiger partial charge on any atom is 0.313 e. The van der Waals surface area contributed by atoms with Gasteiger partial charge < -0.3 is 9.84 Å². The second-order valence-corrected chi connectivity index (χ2v) is 9.82. The number of carbonyl (C=O) groups is 1. The minimum absolute atomic E-state index is 0.107. The van der Waals surface area contributed by atoms with E-state index in [9.17, 15) is 9.90 Å². The number of fused-ring (bicyclic) bond motifs is 5. The molecular weight excluding hydrogens is 288 g/mol. The smallest absolute Gasteiger partial charge is 0.313 e. The highest BCUT2D eigenvalue weighted by atomic mass is 16.6. The van der Waals surface area contributed by atoms with Crippen molar-refractivity contribution < 1.29 is 14.6 Å². The second kappa shape index (κ2) is 4.33. The number of carbonyl (C=O) groups excluding carboxylic acids is 1. The Labute approximate surface area is 139 Å². The van der Waals surface area contributed by atoms with Crippen molar-refractivity contribution in [2.45, 2.75) is 83.8 Å². The fourth-order valence-corrected chi connectivity index (χ4v) is 8.00. The lowest BCUT2D eigenvalue weighted by atomic mass is 9.40. The molecular formula is C20H30O3. The van der Waals surface area contributed by atoms with E-state index >= 15 is 0 Å². The monoisotopic (exact) mass is 318 g/mol. The molecule has 5 rings (SSSR count).